The van der Waals surface area contributed by atoms with Gasteiger partial charge in [0.05, 0.1) is 19.0 Å². The first-order chi connectivity index (χ1) is 17.4. The van der Waals surface area contributed by atoms with Gasteiger partial charge in [0.2, 0.25) is 11.8 Å². The number of halogens is 1. The predicted octanol–water partition coefficient (Wildman–Crippen LogP) is 4.45. The molecule has 0 aliphatic carbocycles. The van der Waals surface area contributed by atoms with Gasteiger partial charge < -0.3 is 9.80 Å². The van der Waals surface area contributed by atoms with Crippen LogP contribution in [-0.4, -0.2) is 65.3 Å². The highest BCUT2D eigenvalue weighted by atomic mass is 32.1. The summed E-state index contributed by atoms with van der Waals surface area (Å²) in [7, 11) is 0. The minimum atomic E-state index is -0.305. The molecule has 3 aromatic rings. The van der Waals surface area contributed by atoms with E-state index in [9.17, 15) is 14.0 Å². The lowest BCUT2D eigenvalue weighted by Gasteiger charge is -2.42. The number of amides is 2. The molecule has 7 heteroatoms. The summed E-state index contributed by atoms with van der Waals surface area (Å²) in [6.45, 7) is 6.93. The van der Waals surface area contributed by atoms with Crippen LogP contribution >= 0.6 is 11.3 Å². The molecule has 188 valence electrons. The standard InChI is InChI=1S/C29H32FN3O2S/c1-20-5-3-4-6-24(20)29-25-12-16-36-26(25)11-13-32(29)19-28(35)31-14-15-33(21(2)18-31)27(34)17-22-7-9-23(30)10-8-22/h3-10,12,16,21,29H,11,13-15,17-19H2,1-2H3/t21-,29+/m0/s1. The first-order valence-corrected chi connectivity index (χ1v) is 13.5. The number of nitrogens with zero attached hydrogens (tertiary/aromatic N) is 3. The van der Waals surface area contributed by atoms with Crippen LogP contribution in [0.1, 0.15) is 40.1 Å². The predicted molar refractivity (Wildman–Crippen MR) is 140 cm³/mol. The van der Waals surface area contributed by atoms with Crippen molar-refractivity contribution in [3.05, 3.63) is 92.9 Å². The highest BCUT2D eigenvalue weighted by molar-refractivity contribution is 7.10. The molecule has 2 aliphatic heterocycles. The van der Waals surface area contributed by atoms with E-state index >= 15 is 0 Å². The van der Waals surface area contributed by atoms with Crippen molar-refractivity contribution in [1.82, 2.24) is 14.7 Å². The molecule has 36 heavy (non-hydrogen) atoms. The number of carbonyl (C=O) groups excluding carboxylic acids is 2. The summed E-state index contributed by atoms with van der Waals surface area (Å²) in [4.78, 5) is 33.9. The number of piperazine rings is 1. The van der Waals surface area contributed by atoms with E-state index in [0.29, 0.717) is 26.2 Å². The normalized spacial score (nSPS) is 20.3. The average molecular weight is 506 g/mol. The Hall–Kier alpha value is -3.03. The van der Waals surface area contributed by atoms with Crippen molar-refractivity contribution in [3.63, 3.8) is 0 Å². The van der Waals surface area contributed by atoms with Gasteiger partial charge in [0, 0.05) is 37.1 Å². The molecule has 0 saturated carbocycles. The molecule has 2 aliphatic rings. The highest BCUT2D eigenvalue weighted by Crippen LogP contribution is 2.38. The molecular formula is C29H32FN3O2S. The quantitative estimate of drug-likeness (QED) is 0.515. The maximum atomic E-state index is 13.5. The topological polar surface area (TPSA) is 43.9 Å². The fourth-order valence-corrected chi connectivity index (χ4v) is 6.41. The van der Waals surface area contributed by atoms with Crippen LogP contribution in [0.15, 0.2) is 60.0 Å². The lowest BCUT2D eigenvalue weighted by Crippen LogP contribution is -2.57. The number of aryl methyl sites for hydroxylation is 1. The van der Waals surface area contributed by atoms with Gasteiger partial charge in [-0.25, -0.2) is 4.39 Å². The second-order valence-corrected chi connectivity index (χ2v) is 10.9. The number of fused-ring (bicyclic) bond motifs is 1. The van der Waals surface area contributed by atoms with E-state index < -0.39 is 0 Å². The highest BCUT2D eigenvalue weighted by Gasteiger charge is 2.34. The lowest BCUT2D eigenvalue weighted by atomic mass is 9.90. The minimum absolute atomic E-state index is 0.0156. The number of rotatable bonds is 5. The van der Waals surface area contributed by atoms with Crippen LogP contribution in [-0.2, 0) is 22.4 Å². The van der Waals surface area contributed by atoms with Gasteiger partial charge in [-0.1, -0.05) is 36.4 Å². The number of hydrogen-bond donors (Lipinski definition) is 0. The Morgan fingerprint density at radius 3 is 2.50 bits per heavy atom. The fourth-order valence-electron chi connectivity index (χ4n) is 5.50. The summed E-state index contributed by atoms with van der Waals surface area (Å²) in [5.41, 5.74) is 4.61. The van der Waals surface area contributed by atoms with Crippen molar-refractivity contribution in [2.45, 2.75) is 38.8 Å². The van der Waals surface area contributed by atoms with Crippen LogP contribution < -0.4 is 0 Å². The zero-order chi connectivity index (χ0) is 25.2. The van der Waals surface area contributed by atoms with Crippen LogP contribution in [0.4, 0.5) is 4.39 Å². The second-order valence-electron chi connectivity index (χ2n) is 9.86. The number of benzene rings is 2. The van der Waals surface area contributed by atoms with Gasteiger partial charge in [-0.2, -0.15) is 0 Å². The Balaban J connectivity index is 1.25. The summed E-state index contributed by atoms with van der Waals surface area (Å²) in [6, 6.07) is 16.8. The third-order valence-corrected chi connectivity index (χ3v) is 8.45. The van der Waals surface area contributed by atoms with Gasteiger partial charge >= 0.3 is 0 Å². The van der Waals surface area contributed by atoms with E-state index in [4.69, 9.17) is 0 Å². The molecule has 0 bridgehead atoms. The molecule has 5 rings (SSSR count). The average Bonchev–Trinajstić information content (AvgIpc) is 3.35. The number of thiophene rings is 1. The van der Waals surface area contributed by atoms with Gasteiger partial charge in [-0.3, -0.25) is 14.5 Å². The van der Waals surface area contributed by atoms with Crippen molar-refractivity contribution in [2.24, 2.45) is 0 Å². The summed E-state index contributed by atoms with van der Waals surface area (Å²) >= 11 is 1.80. The Morgan fingerprint density at radius 2 is 1.75 bits per heavy atom. The minimum Gasteiger partial charge on any atom is -0.338 e. The monoisotopic (exact) mass is 505 g/mol. The molecule has 0 N–H and O–H groups in total. The van der Waals surface area contributed by atoms with E-state index in [0.717, 1.165) is 18.5 Å². The lowest BCUT2D eigenvalue weighted by molar-refractivity contribution is -0.143. The van der Waals surface area contributed by atoms with Gasteiger partial charge in [0.15, 0.2) is 0 Å². The van der Waals surface area contributed by atoms with Crippen molar-refractivity contribution in [3.8, 4) is 0 Å². The molecule has 1 aromatic heterocycles. The van der Waals surface area contributed by atoms with Crippen LogP contribution in [0.25, 0.3) is 0 Å². The molecule has 1 saturated heterocycles. The maximum absolute atomic E-state index is 13.5. The van der Waals surface area contributed by atoms with Crippen molar-refractivity contribution in [1.29, 1.82) is 0 Å². The summed E-state index contributed by atoms with van der Waals surface area (Å²) in [6.07, 6.45) is 1.21. The third-order valence-electron chi connectivity index (χ3n) is 7.46. The molecule has 0 spiro atoms. The van der Waals surface area contributed by atoms with Crippen LogP contribution in [0.5, 0.6) is 0 Å². The Morgan fingerprint density at radius 1 is 0.972 bits per heavy atom. The van der Waals surface area contributed by atoms with E-state index in [-0.39, 0.29) is 36.1 Å². The zero-order valence-corrected chi connectivity index (χ0v) is 21.6. The summed E-state index contributed by atoms with van der Waals surface area (Å²) in [5, 5.41) is 2.16. The number of carbonyl (C=O) groups is 2. The maximum Gasteiger partial charge on any atom is 0.236 e. The van der Waals surface area contributed by atoms with E-state index in [1.165, 1.54) is 33.7 Å². The summed E-state index contributed by atoms with van der Waals surface area (Å²) < 4.78 is 13.2. The van der Waals surface area contributed by atoms with Crippen LogP contribution in [0, 0.1) is 12.7 Å². The SMILES string of the molecule is Cc1ccccc1[C@@H]1c2ccsc2CCN1CC(=O)N1CCN(C(=O)Cc2ccc(F)cc2)[C@@H](C)C1. The largest absolute Gasteiger partial charge is 0.338 e. The molecule has 1 fully saturated rings. The van der Waals surface area contributed by atoms with Gasteiger partial charge in [0.1, 0.15) is 5.82 Å². The first kappa shape index (κ1) is 24.7. The molecule has 0 unspecified atom stereocenters. The Bertz CT molecular complexity index is 1240. The van der Waals surface area contributed by atoms with Crippen molar-refractivity contribution >= 4 is 23.2 Å². The Kier molecular flexibility index (Phi) is 7.21. The molecule has 2 atom stereocenters. The van der Waals surface area contributed by atoms with Crippen LogP contribution in [0.2, 0.25) is 0 Å². The second kappa shape index (κ2) is 10.5. The molecule has 5 nitrogen and oxygen atoms in total. The fraction of sp³-hybridized carbons (Fsp3) is 0.379. The van der Waals surface area contributed by atoms with Crippen molar-refractivity contribution < 1.29 is 14.0 Å². The Labute approximate surface area is 216 Å². The molecule has 2 amide bonds. The van der Waals surface area contributed by atoms with E-state index in [1.54, 1.807) is 23.5 Å². The van der Waals surface area contributed by atoms with Crippen LogP contribution in [0.3, 0.4) is 0 Å². The molecular weight excluding hydrogens is 473 g/mol. The third kappa shape index (κ3) is 5.08. The van der Waals surface area contributed by atoms with Gasteiger partial charge in [-0.15, -0.1) is 11.3 Å². The van der Waals surface area contributed by atoms with Gasteiger partial charge in [-0.05, 0) is 66.1 Å². The van der Waals surface area contributed by atoms with E-state index in [1.807, 2.05) is 16.7 Å². The van der Waals surface area contributed by atoms with E-state index in [2.05, 4.69) is 47.5 Å². The first-order valence-electron chi connectivity index (χ1n) is 12.6. The molecule has 2 aromatic carbocycles. The molecule has 3 heterocycles. The summed E-state index contributed by atoms with van der Waals surface area (Å²) in [5.74, 6) is -0.174. The zero-order valence-electron chi connectivity index (χ0n) is 20.8. The van der Waals surface area contributed by atoms with Crippen molar-refractivity contribution in [2.75, 3.05) is 32.7 Å². The van der Waals surface area contributed by atoms with Gasteiger partial charge in [0.25, 0.3) is 0 Å². The molecule has 0 radical (unpaired) electrons. The smallest absolute Gasteiger partial charge is 0.236 e. The number of hydrogen-bond acceptors (Lipinski definition) is 4.